The molecular formula is C16H15ClF3N. The number of halogens is 4. The molecule has 0 aliphatic carbocycles. The van der Waals surface area contributed by atoms with Crippen LogP contribution in [-0.2, 0) is 6.42 Å². The number of hydrogen-bond acceptors (Lipinski definition) is 1. The number of rotatable bonds is 5. The molecule has 0 heterocycles. The van der Waals surface area contributed by atoms with Crippen LogP contribution in [0.3, 0.4) is 0 Å². The summed E-state index contributed by atoms with van der Waals surface area (Å²) in [7, 11) is 0. The van der Waals surface area contributed by atoms with Crippen LogP contribution in [0.4, 0.5) is 13.2 Å². The van der Waals surface area contributed by atoms with E-state index in [1.165, 1.54) is 30.3 Å². The second-order valence-electron chi connectivity index (χ2n) is 4.72. The van der Waals surface area contributed by atoms with Gasteiger partial charge in [0.05, 0.1) is 0 Å². The van der Waals surface area contributed by atoms with Crippen LogP contribution in [0, 0.1) is 17.5 Å². The maximum atomic E-state index is 13.9. The maximum Gasteiger partial charge on any atom is 0.130 e. The van der Waals surface area contributed by atoms with Gasteiger partial charge in [-0.3, -0.25) is 0 Å². The van der Waals surface area contributed by atoms with E-state index in [0.29, 0.717) is 29.1 Å². The second kappa shape index (κ2) is 6.96. The lowest BCUT2D eigenvalue weighted by atomic mass is 9.98. The van der Waals surface area contributed by atoms with Gasteiger partial charge in [0.1, 0.15) is 17.5 Å². The van der Waals surface area contributed by atoms with E-state index in [1.54, 1.807) is 0 Å². The molecule has 0 spiro atoms. The Kier molecular flexibility index (Phi) is 5.26. The Morgan fingerprint density at radius 3 is 2.38 bits per heavy atom. The molecular weight excluding hydrogens is 299 g/mol. The minimum absolute atomic E-state index is 0.312. The molecule has 0 aliphatic rings. The summed E-state index contributed by atoms with van der Waals surface area (Å²) in [6.45, 7) is 2.47. The highest BCUT2D eigenvalue weighted by Crippen LogP contribution is 2.26. The Morgan fingerprint density at radius 1 is 1.05 bits per heavy atom. The average molecular weight is 314 g/mol. The van der Waals surface area contributed by atoms with Crippen molar-refractivity contribution in [1.29, 1.82) is 0 Å². The quantitative estimate of drug-likeness (QED) is 0.847. The van der Waals surface area contributed by atoms with E-state index in [-0.39, 0.29) is 0 Å². The monoisotopic (exact) mass is 313 g/mol. The summed E-state index contributed by atoms with van der Waals surface area (Å²) >= 11 is 6.04. The summed E-state index contributed by atoms with van der Waals surface area (Å²) in [6, 6.07) is 7.10. The molecule has 0 amide bonds. The molecule has 0 saturated heterocycles. The van der Waals surface area contributed by atoms with Crippen LogP contribution in [0.1, 0.15) is 24.1 Å². The van der Waals surface area contributed by atoms with Crippen LogP contribution < -0.4 is 5.32 Å². The van der Waals surface area contributed by atoms with Crippen LogP contribution in [0.15, 0.2) is 36.4 Å². The minimum Gasteiger partial charge on any atom is -0.310 e. The third-order valence-corrected chi connectivity index (χ3v) is 3.59. The summed E-state index contributed by atoms with van der Waals surface area (Å²) in [6.07, 6.45) is 0.312. The zero-order valence-electron chi connectivity index (χ0n) is 11.5. The van der Waals surface area contributed by atoms with Crippen molar-refractivity contribution in [2.75, 3.05) is 6.54 Å². The molecule has 2 aromatic carbocycles. The first kappa shape index (κ1) is 15.9. The molecule has 1 nitrogen and oxygen atoms in total. The standard InChI is InChI=1S/C16H15ClF3N/c1-2-21-16(13-5-3-12(19)9-15(13)20)8-10-7-11(18)4-6-14(10)17/h3-7,9,16,21H,2,8H2,1H3. The number of likely N-dealkylation sites (N-methyl/N-ethyl adjacent to an activating group) is 1. The summed E-state index contributed by atoms with van der Waals surface area (Å²) in [5.41, 5.74) is 0.907. The Labute approximate surface area is 126 Å². The molecule has 1 unspecified atom stereocenters. The molecule has 112 valence electrons. The number of hydrogen-bond donors (Lipinski definition) is 1. The van der Waals surface area contributed by atoms with Gasteiger partial charge in [-0.15, -0.1) is 0 Å². The van der Waals surface area contributed by atoms with Gasteiger partial charge in [-0.25, -0.2) is 13.2 Å². The lowest BCUT2D eigenvalue weighted by Crippen LogP contribution is -2.24. The Hall–Kier alpha value is -1.52. The molecule has 0 fully saturated rings. The summed E-state index contributed by atoms with van der Waals surface area (Å²) in [4.78, 5) is 0. The topological polar surface area (TPSA) is 12.0 Å². The molecule has 0 bridgehead atoms. The van der Waals surface area contributed by atoms with Crippen LogP contribution in [0.2, 0.25) is 5.02 Å². The van der Waals surface area contributed by atoms with Gasteiger partial charge in [-0.05, 0) is 42.8 Å². The zero-order chi connectivity index (χ0) is 15.4. The van der Waals surface area contributed by atoms with E-state index in [9.17, 15) is 13.2 Å². The first-order valence-electron chi connectivity index (χ1n) is 6.63. The highest BCUT2D eigenvalue weighted by molar-refractivity contribution is 6.31. The molecule has 5 heteroatoms. The molecule has 1 N–H and O–H groups in total. The van der Waals surface area contributed by atoms with Gasteiger partial charge in [0.2, 0.25) is 0 Å². The third-order valence-electron chi connectivity index (χ3n) is 3.22. The fourth-order valence-electron chi connectivity index (χ4n) is 2.24. The highest BCUT2D eigenvalue weighted by atomic mass is 35.5. The van der Waals surface area contributed by atoms with Gasteiger partial charge in [0, 0.05) is 22.7 Å². The first-order chi connectivity index (χ1) is 10.0. The lowest BCUT2D eigenvalue weighted by Gasteiger charge is -2.20. The van der Waals surface area contributed by atoms with E-state index in [1.807, 2.05) is 6.92 Å². The second-order valence-corrected chi connectivity index (χ2v) is 5.12. The van der Waals surface area contributed by atoms with E-state index in [4.69, 9.17) is 11.6 Å². The van der Waals surface area contributed by atoms with Gasteiger partial charge in [0.25, 0.3) is 0 Å². The van der Waals surface area contributed by atoms with Crippen molar-refractivity contribution in [3.05, 3.63) is 70.0 Å². The average Bonchev–Trinajstić information content (AvgIpc) is 2.42. The predicted molar refractivity (Wildman–Crippen MR) is 77.9 cm³/mol. The minimum atomic E-state index is -0.631. The van der Waals surface area contributed by atoms with Crippen molar-refractivity contribution in [2.45, 2.75) is 19.4 Å². The zero-order valence-corrected chi connectivity index (χ0v) is 12.2. The SMILES string of the molecule is CCNC(Cc1cc(F)ccc1Cl)c1ccc(F)cc1F. The van der Waals surface area contributed by atoms with Crippen LogP contribution >= 0.6 is 11.6 Å². The van der Waals surface area contributed by atoms with Crippen molar-refractivity contribution < 1.29 is 13.2 Å². The fraction of sp³-hybridized carbons (Fsp3) is 0.250. The van der Waals surface area contributed by atoms with Gasteiger partial charge in [0.15, 0.2) is 0 Å². The molecule has 0 aromatic heterocycles. The predicted octanol–water partition coefficient (Wildman–Crippen LogP) is 4.65. The lowest BCUT2D eigenvalue weighted by molar-refractivity contribution is 0.501. The molecule has 2 rings (SSSR count). The smallest absolute Gasteiger partial charge is 0.130 e. The van der Waals surface area contributed by atoms with Gasteiger partial charge in [-0.2, -0.15) is 0 Å². The Morgan fingerprint density at radius 2 is 1.71 bits per heavy atom. The van der Waals surface area contributed by atoms with E-state index < -0.39 is 23.5 Å². The molecule has 0 aliphatic heterocycles. The molecule has 0 radical (unpaired) electrons. The van der Waals surface area contributed by atoms with Crippen LogP contribution in [-0.4, -0.2) is 6.54 Å². The van der Waals surface area contributed by atoms with Crippen molar-refractivity contribution in [2.24, 2.45) is 0 Å². The first-order valence-corrected chi connectivity index (χ1v) is 7.01. The maximum absolute atomic E-state index is 13.9. The third kappa shape index (κ3) is 3.99. The van der Waals surface area contributed by atoms with E-state index in [0.717, 1.165) is 6.07 Å². The van der Waals surface area contributed by atoms with Gasteiger partial charge >= 0.3 is 0 Å². The molecule has 1 atom stereocenters. The van der Waals surface area contributed by atoms with Gasteiger partial charge < -0.3 is 5.32 Å². The fourth-order valence-corrected chi connectivity index (χ4v) is 2.44. The van der Waals surface area contributed by atoms with Crippen molar-refractivity contribution >= 4 is 11.6 Å². The van der Waals surface area contributed by atoms with Gasteiger partial charge in [-0.1, -0.05) is 24.6 Å². The molecule has 21 heavy (non-hydrogen) atoms. The Balaban J connectivity index is 2.32. The van der Waals surface area contributed by atoms with Crippen molar-refractivity contribution in [3.63, 3.8) is 0 Å². The summed E-state index contributed by atoms with van der Waals surface area (Å²) < 4.78 is 40.2. The largest absolute Gasteiger partial charge is 0.310 e. The summed E-state index contributed by atoms with van der Waals surface area (Å²) in [5.74, 6) is -1.66. The van der Waals surface area contributed by atoms with Crippen LogP contribution in [0.25, 0.3) is 0 Å². The van der Waals surface area contributed by atoms with Crippen molar-refractivity contribution in [3.8, 4) is 0 Å². The number of nitrogens with one attached hydrogen (secondary N) is 1. The van der Waals surface area contributed by atoms with Crippen molar-refractivity contribution in [1.82, 2.24) is 5.32 Å². The highest BCUT2D eigenvalue weighted by Gasteiger charge is 2.17. The molecule has 2 aromatic rings. The summed E-state index contributed by atoms with van der Waals surface area (Å²) in [5, 5.41) is 3.53. The van der Waals surface area contributed by atoms with Crippen LogP contribution in [0.5, 0.6) is 0 Å². The molecule has 0 saturated carbocycles. The Bertz CT molecular complexity index is 631. The van der Waals surface area contributed by atoms with E-state index in [2.05, 4.69) is 5.32 Å². The number of benzene rings is 2. The normalized spacial score (nSPS) is 12.4. The van der Waals surface area contributed by atoms with E-state index >= 15 is 0 Å².